The molecule has 2 atom stereocenters. The first kappa shape index (κ1) is 34.1. The van der Waals surface area contributed by atoms with Gasteiger partial charge in [-0.05, 0) is 66.3 Å². The Kier molecular flexibility index (Phi) is 9.47. The van der Waals surface area contributed by atoms with Crippen molar-refractivity contribution in [3.63, 3.8) is 0 Å². The van der Waals surface area contributed by atoms with Crippen molar-refractivity contribution in [1.29, 1.82) is 0 Å². The van der Waals surface area contributed by atoms with Crippen molar-refractivity contribution in [2.45, 2.75) is 69.6 Å². The lowest BCUT2D eigenvalue weighted by Gasteiger charge is -2.26. The number of aliphatic hydroxyl groups is 1. The van der Waals surface area contributed by atoms with Crippen LogP contribution in [0.15, 0.2) is 66.7 Å². The van der Waals surface area contributed by atoms with E-state index in [9.17, 15) is 32.7 Å². The Morgan fingerprint density at radius 1 is 0.936 bits per heavy atom. The highest BCUT2D eigenvalue weighted by molar-refractivity contribution is 6.30. The maximum Gasteiger partial charge on any atom is 0.419 e. The lowest BCUT2D eigenvalue weighted by molar-refractivity contribution is -0.253. The van der Waals surface area contributed by atoms with Gasteiger partial charge in [-0.15, -0.1) is 0 Å². The second-order valence-corrected chi connectivity index (χ2v) is 13.1. The Balaban J connectivity index is 1.30. The molecule has 5 rings (SSSR count). The number of hydrogen-bond acceptors (Lipinski definition) is 6. The van der Waals surface area contributed by atoms with Gasteiger partial charge in [-0.3, -0.25) is 9.69 Å². The monoisotopic (exact) mass is 673 g/mol. The summed E-state index contributed by atoms with van der Waals surface area (Å²) in [5.74, 6) is -1.29. The minimum Gasteiger partial charge on any atom is -0.448 e. The molecule has 1 aliphatic heterocycles. The Morgan fingerprint density at radius 2 is 1.53 bits per heavy atom. The van der Waals surface area contributed by atoms with E-state index in [1.807, 2.05) is 48.5 Å². The first-order valence-corrected chi connectivity index (χ1v) is 15.4. The Bertz CT molecular complexity index is 1630. The molecule has 3 N–H and O–H groups in total. The lowest BCUT2D eigenvalue weighted by atomic mass is 9.98. The fourth-order valence-electron chi connectivity index (χ4n) is 5.91. The number of amides is 3. The molecule has 0 aromatic heterocycles. The average molecular weight is 674 g/mol. The molecule has 1 aliphatic carbocycles. The number of likely N-dealkylation sites (tertiary alicyclic amines) is 1. The van der Waals surface area contributed by atoms with Gasteiger partial charge in [0.05, 0.1) is 6.54 Å². The van der Waals surface area contributed by atoms with E-state index >= 15 is 0 Å². The molecular weight excluding hydrogens is 639 g/mol. The molecule has 0 spiro atoms. The molecule has 9 nitrogen and oxygen atoms in total. The summed E-state index contributed by atoms with van der Waals surface area (Å²) in [4.78, 5) is 39.5. The average Bonchev–Trinajstić information content (AvgIpc) is 3.53. The third kappa shape index (κ3) is 7.49. The summed E-state index contributed by atoms with van der Waals surface area (Å²) < 4.78 is 52.7. The van der Waals surface area contributed by atoms with Crippen molar-refractivity contribution in [1.82, 2.24) is 15.5 Å². The van der Waals surface area contributed by atoms with Crippen LogP contribution in [0.25, 0.3) is 11.1 Å². The molecule has 0 bridgehead atoms. The third-order valence-corrected chi connectivity index (χ3v) is 8.42. The first-order chi connectivity index (χ1) is 22.1. The summed E-state index contributed by atoms with van der Waals surface area (Å²) in [5, 5.41) is 16.0. The van der Waals surface area contributed by atoms with E-state index in [0.717, 1.165) is 22.3 Å². The number of fused-ring (bicyclic) bond motifs is 3. The molecule has 1 heterocycles. The van der Waals surface area contributed by atoms with E-state index in [-0.39, 0.29) is 25.6 Å². The minimum atomic E-state index is -5.11. The summed E-state index contributed by atoms with van der Waals surface area (Å²) in [5.41, 5.74) is 0.737. The number of halogens is 4. The van der Waals surface area contributed by atoms with Gasteiger partial charge in [0.1, 0.15) is 18.2 Å². The van der Waals surface area contributed by atoms with Gasteiger partial charge < -0.3 is 25.2 Å². The Hall–Kier alpha value is -4.29. The van der Waals surface area contributed by atoms with Crippen molar-refractivity contribution in [3.8, 4) is 11.1 Å². The van der Waals surface area contributed by atoms with Gasteiger partial charge in [0, 0.05) is 30.5 Å². The van der Waals surface area contributed by atoms with Crippen LogP contribution in [-0.2, 0) is 27.4 Å². The lowest BCUT2D eigenvalue weighted by Crippen LogP contribution is -2.48. The molecule has 250 valence electrons. The van der Waals surface area contributed by atoms with Crippen LogP contribution in [0.2, 0.25) is 5.02 Å². The van der Waals surface area contributed by atoms with Crippen molar-refractivity contribution in [2.75, 3.05) is 13.2 Å². The Morgan fingerprint density at radius 3 is 2.13 bits per heavy atom. The van der Waals surface area contributed by atoms with E-state index in [4.69, 9.17) is 21.1 Å². The highest BCUT2D eigenvalue weighted by Gasteiger charge is 2.62. The fraction of sp³-hybridized carbons (Fsp3) is 0.382. The van der Waals surface area contributed by atoms with Crippen LogP contribution in [0.1, 0.15) is 55.4 Å². The molecule has 3 aromatic carbocycles. The number of alkyl carbamates (subject to hydrolysis) is 1. The van der Waals surface area contributed by atoms with Crippen LogP contribution >= 0.6 is 11.6 Å². The van der Waals surface area contributed by atoms with E-state index in [1.54, 1.807) is 32.9 Å². The second kappa shape index (κ2) is 13.1. The minimum absolute atomic E-state index is 0.0143. The molecule has 13 heteroatoms. The number of benzene rings is 3. The maximum atomic E-state index is 14.0. The highest BCUT2D eigenvalue weighted by Crippen LogP contribution is 2.45. The van der Waals surface area contributed by atoms with Crippen molar-refractivity contribution < 1.29 is 42.1 Å². The highest BCUT2D eigenvalue weighted by atomic mass is 35.5. The van der Waals surface area contributed by atoms with Gasteiger partial charge in [0.15, 0.2) is 5.60 Å². The smallest absolute Gasteiger partial charge is 0.419 e. The first-order valence-electron chi connectivity index (χ1n) is 15.0. The zero-order valence-electron chi connectivity index (χ0n) is 26.0. The molecule has 2 aliphatic rings. The summed E-state index contributed by atoms with van der Waals surface area (Å²) >= 11 is 6.16. The standard InChI is InChI=1S/C34H35ClF3N3O6/c1-32(2,3)47-30(43)40-16-20-12-13-22(35)14-21(20)17-39-29(42)28-15-33(45,34(36,37)38)19-41(28)31(44)46-18-27-25-10-6-4-8-23(25)24-9-5-7-11-26(24)27/h4-14,27-28,45H,15-19H2,1-3H3,(H,39,42)(H,40,43). The molecular formula is C34H35ClF3N3O6. The number of hydrogen-bond donors (Lipinski definition) is 3. The Labute approximate surface area is 275 Å². The van der Waals surface area contributed by atoms with Gasteiger partial charge in [-0.25, -0.2) is 9.59 Å². The van der Waals surface area contributed by atoms with Gasteiger partial charge in [-0.1, -0.05) is 66.2 Å². The van der Waals surface area contributed by atoms with E-state index < -0.39 is 54.5 Å². The van der Waals surface area contributed by atoms with Crippen molar-refractivity contribution in [3.05, 3.63) is 94.0 Å². The predicted molar refractivity (Wildman–Crippen MR) is 168 cm³/mol. The number of carbonyl (C=O) groups is 3. The topological polar surface area (TPSA) is 117 Å². The molecule has 0 radical (unpaired) electrons. The van der Waals surface area contributed by atoms with Crippen LogP contribution in [0.3, 0.4) is 0 Å². The number of nitrogens with zero attached hydrogens (tertiary/aromatic N) is 1. The second-order valence-electron chi connectivity index (χ2n) is 12.7. The SMILES string of the molecule is CC(C)(C)OC(=O)NCc1ccc(Cl)cc1CNC(=O)C1CC(O)(C(F)(F)F)CN1C(=O)OCC1c2ccccc2-c2ccccc21. The molecule has 1 fully saturated rings. The molecule has 2 unspecified atom stereocenters. The third-order valence-electron chi connectivity index (χ3n) is 8.18. The maximum absolute atomic E-state index is 14.0. The number of nitrogens with one attached hydrogen (secondary N) is 2. The molecule has 0 saturated carbocycles. The molecule has 3 aromatic rings. The van der Waals surface area contributed by atoms with Crippen LogP contribution in [-0.4, -0.2) is 64.7 Å². The summed E-state index contributed by atoms with van der Waals surface area (Å²) in [7, 11) is 0. The van der Waals surface area contributed by atoms with Gasteiger partial charge in [0.25, 0.3) is 0 Å². The van der Waals surface area contributed by atoms with Gasteiger partial charge in [-0.2, -0.15) is 13.2 Å². The summed E-state index contributed by atoms with van der Waals surface area (Å²) in [6.07, 6.45) is -8.01. The quantitative estimate of drug-likeness (QED) is 0.271. The number of rotatable bonds is 7. The molecule has 47 heavy (non-hydrogen) atoms. The number of alkyl halides is 3. The van der Waals surface area contributed by atoms with E-state index in [0.29, 0.717) is 21.0 Å². The number of ether oxygens (including phenoxy) is 2. The molecule has 1 saturated heterocycles. The number of carbonyl (C=O) groups excluding carboxylic acids is 3. The number of β-amino-alcohol motifs (C(OH)–C–C–N with tert-alkyl or cyclic N) is 1. The zero-order valence-corrected chi connectivity index (χ0v) is 26.7. The van der Waals surface area contributed by atoms with E-state index in [2.05, 4.69) is 10.6 Å². The van der Waals surface area contributed by atoms with Crippen molar-refractivity contribution >= 4 is 29.7 Å². The molecule has 3 amide bonds. The van der Waals surface area contributed by atoms with Gasteiger partial charge in [0.2, 0.25) is 5.91 Å². The van der Waals surface area contributed by atoms with Crippen LogP contribution < -0.4 is 10.6 Å². The van der Waals surface area contributed by atoms with Crippen LogP contribution in [0.5, 0.6) is 0 Å². The van der Waals surface area contributed by atoms with Crippen molar-refractivity contribution in [2.24, 2.45) is 0 Å². The predicted octanol–water partition coefficient (Wildman–Crippen LogP) is 6.30. The largest absolute Gasteiger partial charge is 0.448 e. The van der Waals surface area contributed by atoms with E-state index in [1.165, 1.54) is 6.07 Å². The fourth-order valence-corrected chi connectivity index (χ4v) is 6.10. The summed E-state index contributed by atoms with van der Waals surface area (Å²) in [6.45, 7) is 3.61. The normalized spacial score (nSPS) is 19.1. The van der Waals surface area contributed by atoms with Gasteiger partial charge >= 0.3 is 18.4 Å². The zero-order chi connectivity index (χ0) is 34.1. The summed E-state index contributed by atoms with van der Waals surface area (Å²) in [6, 6.07) is 18.2. The van der Waals surface area contributed by atoms with Crippen LogP contribution in [0, 0.1) is 0 Å². The van der Waals surface area contributed by atoms with Crippen LogP contribution in [0.4, 0.5) is 22.8 Å².